The number of piperidine rings is 1. The minimum Gasteiger partial charge on any atom is -0.377 e. The topological polar surface area (TPSA) is 49.9 Å². The second kappa shape index (κ2) is 10.3. The van der Waals surface area contributed by atoms with Crippen LogP contribution in [0.1, 0.15) is 84.8 Å². The molecule has 5 nitrogen and oxygen atoms in total. The molecule has 38 heavy (non-hydrogen) atoms. The van der Waals surface area contributed by atoms with E-state index >= 15 is 0 Å². The van der Waals surface area contributed by atoms with E-state index in [1.54, 1.807) is 4.31 Å². The third kappa shape index (κ3) is 5.04. The average Bonchev–Trinajstić information content (AvgIpc) is 3.38. The molecule has 2 bridgehead atoms. The summed E-state index contributed by atoms with van der Waals surface area (Å²) in [4.78, 5) is 3.05. The number of hydrogen-bond acceptors (Lipinski definition) is 4. The number of benzene rings is 1. The molecule has 3 aliphatic heterocycles. The van der Waals surface area contributed by atoms with Gasteiger partial charge in [-0.2, -0.15) is 4.31 Å². The van der Waals surface area contributed by atoms with Crippen LogP contribution < -0.4 is 0 Å². The Morgan fingerprint density at radius 2 is 1.82 bits per heavy atom. The van der Waals surface area contributed by atoms with E-state index in [1.165, 1.54) is 16.7 Å². The summed E-state index contributed by atoms with van der Waals surface area (Å²) in [6.45, 7) is 16.9. The van der Waals surface area contributed by atoms with Gasteiger partial charge >= 0.3 is 0 Å². The number of fused-ring (bicyclic) bond motifs is 5. The second-order valence-electron chi connectivity index (χ2n) is 14.1. The van der Waals surface area contributed by atoms with E-state index in [0.717, 1.165) is 51.7 Å². The van der Waals surface area contributed by atoms with Crippen molar-refractivity contribution in [1.29, 1.82) is 0 Å². The van der Waals surface area contributed by atoms with Crippen LogP contribution in [-0.4, -0.2) is 63.1 Å². The van der Waals surface area contributed by atoms with Crippen molar-refractivity contribution in [2.45, 2.75) is 103 Å². The molecule has 5 rings (SSSR count). The van der Waals surface area contributed by atoms with Crippen molar-refractivity contribution < 1.29 is 13.2 Å². The first-order chi connectivity index (χ1) is 17.8. The fourth-order valence-electron chi connectivity index (χ4n) is 7.99. The van der Waals surface area contributed by atoms with Gasteiger partial charge in [0.2, 0.25) is 10.0 Å². The number of aryl methyl sites for hydroxylation is 1. The molecule has 0 spiro atoms. The molecule has 1 aromatic rings. The Morgan fingerprint density at radius 3 is 2.50 bits per heavy atom. The van der Waals surface area contributed by atoms with Gasteiger partial charge in [-0.1, -0.05) is 59.3 Å². The van der Waals surface area contributed by atoms with Crippen molar-refractivity contribution >= 4 is 10.0 Å². The second-order valence-corrected chi connectivity index (χ2v) is 16.0. The highest BCUT2D eigenvalue weighted by atomic mass is 32.2. The summed E-state index contributed by atoms with van der Waals surface area (Å²) in [5.41, 5.74) is 3.89. The molecule has 6 heteroatoms. The van der Waals surface area contributed by atoms with Gasteiger partial charge in [-0.3, -0.25) is 0 Å². The SMILES string of the molecule is CC(C)C1=CCN(S(=O)(=O)c2ccc3c(c2)C(C)(C)C2CCN(C)C(C2)C2CCOC2C(C)(C)CC3)CC1. The molecule has 2 saturated heterocycles. The summed E-state index contributed by atoms with van der Waals surface area (Å²) in [6.07, 6.45) is 8.66. The molecule has 1 aromatic carbocycles. The van der Waals surface area contributed by atoms with Gasteiger partial charge in [-0.05, 0) is 98.0 Å². The number of likely N-dealkylation sites (tertiary alicyclic amines) is 1. The van der Waals surface area contributed by atoms with Crippen LogP contribution in [-0.2, 0) is 26.6 Å². The minimum absolute atomic E-state index is 0.0692. The molecule has 0 amide bonds. The molecule has 4 atom stereocenters. The molecule has 4 aliphatic rings. The molecule has 4 unspecified atom stereocenters. The van der Waals surface area contributed by atoms with Crippen LogP contribution >= 0.6 is 0 Å². The zero-order chi connectivity index (χ0) is 27.5. The van der Waals surface area contributed by atoms with Crippen molar-refractivity contribution in [2.75, 3.05) is 33.3 Å². The fourth-order valence-corrected chi connectivity index (χ4v) is 9.40. The van der Waals surface area contributed by atoms with Gasteiger partial charge in [0.25, 0.3) is 0 Å². The Hall–Kier alpha value is -1.21. The van der Waals surface area contributed by atoms with Crippen LogP contribution in [0.25, 0.3) is 0 Å². The summed E-state index contributed by atoms with van der Waals surface area (Å²) < 4.78 is 35.9. The van der Waals surface area contributed by atoms with Crippen LogP contribution in [0.15, 0.2) is 34.7 Å². The van der Waals surface area contributed by atoms with Gasteiger partial charge in [-0.25, -0.2) is 8.42 Å². The molecule has 2 fully saturated rings. The van der Waals surface area contributed by atoms with E-state index < -0.39 is 10.0 Å². The lowest BCUT2D eigenvalue weighted by molar-refractivity contribution is -0.0375. The standard InChI is InChI=1S/C32H50N2O3S/c1-22(2)23-11-17-34(18-12-23)38(35,36)26-9-8-24-10-15-31(3,4)30-27(14-19-37-30)29-20-25(13-16-33(29)7)32(5,6)28(24)21-26/h8-9,11,21-22,25,27,29-30H,10,12-20H2,1-7H3. The van der Waals surface area contributed by atoms with Crippen LogP contribution in [0.5, 0.6) is 0 Å². The molecule has 0 N–H and O–H groups in total. The van der Waals surface area contributed by atoms with Gasteiger partial charge in [0.1, 0.15) is 0 Å². The third-order valence-corrected chi connectivity index (χ3v) is 12.6. The van der Waals surface area contributed by atoms with E-state index in [0.29, 0.717) is 41.8 Å². The Balaban J connectivity index is 1.54. The maximum Gasteiger partial charge on any atom is 0.243 e. The number of rotatable bonds is 3. The molecule has 0 saturated carbocycles. The summed E-state index contributed by atoms with van der Waals surface area (Å²) in [5, 5.41) is 0. The first-order valence-electron chi connectivity index (χ1n) is 15.0. The zero-order valence-corrected chi connectivity index (χ0v) is 25.6. The van der Waals surface area contributed by atoms with E-state index in [2.05, 4.69) is 71.7 Å². The van der Waals surface area contributed by atoms with Crippen LogP contribution in [0.4, 0.5) is 0 Å². The van der Waals surface area contributed by atoms with Gasteiger partial charge in [0, 0.05) is 31.7 Å². The third-order valence-electron chi connectivity index (χ3n) is 10.7. The molecular weight excluding hydrogens is 492 g/mol. The lowest BCUT2D eigenvalue weighted by atomic mass is 9.65. The Morgan fingerprint density at radius 1 is 1.05 bits per heavy atom. The largest absolute Gasteiger partial charge is 0.377 e. The van der Waals surface area contributed by atoms with Crippen LogP contribution in [0.2, 0.25) is 0 Å². The summed E-state index contributed by atoms with van der Waals surface area (Å²) >= 11 is 0. The maximum atomic E-state index is 13.9. The number of nitrogens with zero attached hydrogens (tertiary/aromatic N) is 2. The summed E-state index contributed by atoms with van der Waals surface area (Å²) in [5.74, 6) is 1.55. The normalized spacial score (nSPS) is 32.3. The first kappa shape index (κ1) is 28.3. The van der Waals surface area contributed by atoms with Crippen molar-refractivity contribution in [2.24, 2.45) is 23.2 Å². The van der Waals surface area contributed by atoms with Gasteiger partial charge in [0.15, 0.2) is 0 Å². The minimum atomic E-state index is -3.54. The zero-order valence-electron chi connectivity index (χ0n) is 24.8. The van der Waals surface area contributed by atoms with E-state index in [-0.39, 0.29) is 16.9 Å². The maximum absolute atomic E-state index is 13.9. The van der Waals surface area contributed by atoms with Gasteiger partial charge < -0.3 is 9.64 Å². The molecule has 3 heterocycles. The summed E-state index contributed by atoms with van der Waals surface area (Å²) in [6, 6.07) is 6.59. The Bertz CT molecular complexity index is 1170. The Labute approximate surface area is 232 Å². The van der Waals surface area contributed by atoms with Crippen molar-refractivity contribution in [3.63, 3.8) is 0 Å². The van der Waals surface area contributed by atoms with Gasteiger partial charge in [0.05, 0.1) is 11.0 Å². The highest BCUT2D eigenvalue weighted by molar-refractivity contribution is 7.89. The smallest absolute Gasteiger partial charge is 0.243 e. The van der Waals surface area contributed by atoms with Crippen LogP contribution in [0, 0.1) is 23.2 Å². The monoisotopic (exact) mass is 542 g/mol. The average molecular weight is 543 g/mol. The first-order valence-corrected chi connectivity index (χ1v) is 16.4. The van der Waals surface area contributed by atoms with E-state index in [1.807, 2.05) is 6.07 Å². The fraction of sp³-hybridized carbons (Fsp3) is 0.750. The number of sulfonamides is 1. The van der Waals surface area contributed by atoms with Crippen molar-refractivity contribution in [3.8, 4) is 0 Å². The highest BCUT2D eigenvalue weighted by Crippen LogP contribution is 2.49. The van der Waals surface area contributed by atoms with E-state index in [9.17, 15) is 8.42 Å². The van der Waals surface area contributed by atoms with Gasteiger partial charge in [-0.15, -0.1) is 0 Å². The lowest BCUT2D eigenvalue weighted by Gasteiger charge is -2.48. The molecule has 212 valence electrons. The van der Waals surface area contributed by atoms with Crippen molar-refractivity contribution in [3.05, 3.63) is 41.0 Å². The number of ether oxygens (including phenoxy) is 1. The number of hydrogen-bond donors (Lipinski definition) is 0. The summed E-state index contributed by atoms with van der Waals surface area (Å²) in [7, 11) is -1.25. The lowest BCUT2D eigenvalue weighted by Crippen LogP contribution is -2.51. The Kier molecular flexibility index (Phi) is 7.69. The highest BCUT2D eigenvalue weighted by Gasteiger charge is 2.48. The van der Waals surface area contributed by atoms with E-state index in [4.69, 9.17) is 4.74 Å². The molecule has 1 aliphatic carbocycles. The predicted molar refractivity (Wildman–Crippen MR) is 155 cm³/mol. The predicted octanol–water partition coefficient (Wildman–Crippen LogP) is 6.03. The molecular formula is C32H50N2O3S. The molecule has 0 aromatic heterocycles. The quantitative estimate of drug-likeness (QED) is 0.438. The van der Waals surface area contributed by atoms with Crippen molar-refractivity contribution in [1.82, 2.24) is 9.21 Å². The van der Waals surface area contributed by atoms with Crippen LogP contribution in [0.3, 0.4) is 0 Å². The molecule has 0 radical (unpaired) electrons.